The second kappa shape index (κ2) is 20.6. The van der Waals surface area contributed by atoms with Gasteiger partial charge in [0.05, 0.1) is 13.1 Å². The second-order valence-electron chi connectivity index (χ2n) is 11.2. The minimum absolute atomic E-state index is 1.19. The highest BCUT2D eigenvalue weighted by Crippen LogP contribution is 2.54. The maximum atomic E-state index is 12.2. The van der Waals surface area contributed by atoms with Gasteiger partial charge in [0.15, 0.2) is 10.1 Å². The highest BCUT2D eigenvalue weighted by Gasteiger charge is 2.83. The van der Waals surface area contributed by atoms with Crippen LogP contribution in [0.3, 0.4) is 0 Å². The van der Waals surface area contributed by atoms with E-state index in [9.17, 15) is 52.5 Å². The minimum Gasteiger partial charge on any atom is -0.743 e. The fourth-order valence-corrected chi connectivity index (χ4v) is 4.87. The quantitative estimate of drug-likeness (QED) is 0.0502. The molecule has 1 aromatic heterocycles. The van der Waals surface area contributed by atoms with E-state index in [-0.39, 0.29) is 0 Å². The van der Waals surface area contributed by atoms with Crippen LogP contribution in [0.2, 0.25) is 0 Å². The molecular formula is C29H49F9N2O3S. The summed E-state index contributed by atoms with van der Waals surface area (Å²) >= 11 is 0. The molecule has 0 aliphatic carbocycles. The van der Waals surface area contributed by atoms with Crippen LogP contribution in [0.4, 0.5) is 39.5 Å². The Hall–Kier alpha value is -1.51. The van der Waals surface area contributed by atoms with Crippen LogP contribution in [0.1, 0.15) is 129 Å². The summed E-state index contributed by atoms with van der Waals surface area (Å²) in [7, 11) is -7.42. The molecule has 0 aliphatic rings. The summed E-state index contributed by atoms with van der Waals surface area (Å²) in [5.41, 5.74) is 0. The summed E-state index contributed by atoms with van der Waals surface area (Å²) in [6.07, 6.45) is 25.1. The second-order valence-corrected chi connectivity index (χ2v) is 12.6. The summed E-state index contributed by atoms with van der Waals surface area (Å²) in [5, 5.41) is -7.11. The van der Waals surface area contributed by atoms with Crippen molar-refractivity contribution in [3.05, 3.63) is 18.7 Å². The third-order valence-electron chi connectivity index (χ3n) is 7.22. The molecule has 1 aromatic rings. The Bertz CT molecular complexity index is 985. The van der Waals surface area contributed by atoms with E-state index in [2.05, 4.69) is 41.7 Å². The van der Waals surface area contributed by atoms with Crippen molar-refractivity contribution >= 4 is 10.1 Å². The molecule has 0 saturated carbocycles. The maximum absolute atomic E-state index is 12.2. The van der Waals surface area contributed by atoms with Crippen molar-refractivity contribution in [2.24, 2.45) is 0 Å². The van der Waals surface area contributed by atoms with E-state index in [1.807, 2.05) is 0 Å². The number of aromatic nitrogens is 2. The normalized spacial score (nSPS) is 13.2. The summed E-state index contributed by atoms with van der Waals surface area (Å²) in [5.74, 6) is -14.8. The summed E-state index contributed by atoms with van der Waals surface area (Å²) in [6, 6.07) is 0. The van der Waals surface area contributed by atoms with Gasteiger partial charge in [-0.15, -0.1) is 0 Å². The lowest BCUT2D eigenvalue weighted by molar-refractivity contribution is -0.696. The van der Waals surface area contributed by atoms with Crippen molar-refractivity contribution in [1.82, 2.24) is 4.57 Å². The highest BCUT2D eigenvalue weighted by atomic mass is 32.2. The molecule has 0 aromatic carbocycles. The first-order chi connectivity index (χ1) is 20.4. The van der Waals surface area contributed by atoms with Crippen molar-refractivity contribution < 1.29 is 57.1 Å². The van der Waals surface area contributed by atoms with Crippen LogP contribution in [0.15, 0.2) is 18.7 Å². The Morgan fingerprint density at radius 2 is 1.00 bits per heavy atom. The van der Waals surface area contributed by atoms with E-state index in [4.69, 9.17) is 0 Å². The molecular weight excluding hydrogens is 627 g/mol. The molecule has 15 heteroatoms. The fraction of sp³-hybridized carbons (Fsp3) is 0.897. The molecule has 0 N–H and O–H groups in total. The first-order valence-electron chi connectivity index (χ1n) is 15.6. The number of halogens is 9. The zero-order valence-electron chi connectivity index (χ0n) is 25.8. The van der Waals surface area contributed by atoms with Crippen LogP contribution in [0, 0.1) is 0 Å². The smallest absolute Gasteiger partial charge is 0.460 e. The Kier molecular flexibility index (Phi) is 19.9. The summed E-state index contributed by atoms with van der Waals surface area (Å²) in [6.45, 7) is 6.98. The molecule has 0 saturated heterocycles. The standard InChI is InChI=1S/C25H49N2.C4HF9O3S/c1-3-5-7-9-11-13-14-16-18-20-22-27-24-23-26(25-27)21-19-17-15-12-10-8-6-4-2;5-1(6,3(9,10)11)2(7,8)4(12,13)17(14,15)16/h23-25H,3-22H2,1-2H3;(H,14,15,16)/q+1;/p-1. The number of imidazole rings is 1. The van der Waals surface area contributed by atoms with Gasteiger partial charge < -0.3 is 4.55 Å². The SMILES string of the molecule is CCCCCCCCCCCC[n+]1ccn(CCCCCCCCCC)c1.O=S(=O)([O-])C(F)(F)C(F)(F)C(F)(F)C(F)(F)F. The van der Waals surface area contributed by atoms with Gasteiger partial charge in [0.25, 0.3) is 0 Å². The van der Waals surface area contributed by atoms with E-state index in [1.54, 1.807) is 0 Å². The van der Waals surface area contributed by atoms with Crippen LogP contribution in [0.5, 0.6) is 0 Å². The Morgan fingerprint density at radius 1 is 0.614 bits per heavy atom. The fourth-order valence-electron chi connectivity index (χ4n) is 4.43. The Morgan fingerprint density at radius 3 is 1.39 bits per heavy atom. The van der Waals surface area contributed by atoms with E-state index >= 15 is 0 Å². The first kappa shape index (κ1) is 42.5. The van der Waals surface area contributed by atoms with Crippen molar-refractivity contribution in [3.63, 3.8) is 0 Å². The van der Waals surface area contributed by atoms with Crippen LogP contribution in [0.25, 0.3) is 0 Å². The number of alkyl halides is 9. The van der Waals surface area contributed by atoms with Crippen molar-refractivity contribution in [2.75, 3.05) is 0 Å². The van der Waals surface area contributed by atoms with E-state index in [0.717, 1.165) is 0 Å². The highest BCUT2D eigenvalue weighted by molar-refractivity contribution is 7.86. The van der Waals surface area contributed by atoms with Gasteiger partial charge in [-0.25, -0.2) is 17.6 Å². The largest absolute Gasteiger partial charge is 0.743 e. The van der Waals surface area contributed by atoms with Gasteiger partial charge in [-0.2, -0.15) is 39.5 Å². The molecule has 0 bridgehead atoms. The summed E-state index contributed by atoms with van der Waals surface area (Å²) < 4.78 is 140. The molecule has 0 spiro atoms. The van der Waals surface area contributed by atoms with E-state index in [0.29, 0.717) is 0 Å². The number of hydrogen-bond donors (Lipinski definition) is 0. The number of unbranched alkanes of at least 4 members (excludes halogenated alkanes) is 16. The lowest BCUT2D eigenvalue weighted by Crippen LogP contribution is -2.63. The molecule has 44 heavy (non-hydrogen) atoms. The number of nitrogens with zero attached hydrogens (tertiary/aromatic N) is 2. The molecule has 262 valence electrons. The van der Waals surface area contributed by atoms with Crippen LogP contribution < -0.4 is 4.57 Å². The monoisotopic (exact) mass is 676 g/mol. The minimum atomic E-state index is -7.43. The molecule has 0 fully saturated rings. The van der Waals surface area contributed by atoms with Gasteiger partial charge in [0.2, 0.25) is 6.33 Å². The van der Waals surface area contributed by atoms with Gasteiger partial charge >= 0.3 is 23.3 Å². The molecule has 0 radical (unpaired) electrons. The zero-order chi connectivity index (χ0) is 33.9. The molecule has 0 amide bonds. The van der Waals surface area contributed by atoms with Gasteiger partial charge in [-0.3, -0.25) is 0 Å². The molecule has 5 nitrogen and oxygen atoms in total. The van der Waals surface area contributed by atoms with Gasteiger partial charge in [-0.1, -0.05) is 104 Å². The van der Waals surface area contributed by atoms with E-state index < -0.39 is 33.4 Å². The van der Waals surface area contributed by atoms with Crippen LogP contribution in [-0.2, 0) is 23.2 Å². The maximum Gasteiger partial charge on any atom is 0.460 e. The average Bonchev–Trinajstić information content (AvgIpc) is 3.37. The van der Waals surface area contributed by atoms with Crippen LogP contribution in [-0.4, -0.2) is 40.8 Å². The first-order valence-corrected chi connectivity index (χ1v) is 17.0. The predicted molar refractivity (Wildman–Crippen MR) is 150 cm³/mol. The Labute approximate surface area is 256 Å². The number of hydrogen-bond acceptors (Lipinski definition) is 3. The molecule has 1 heterocycles. The van der Waals surface area contributed by atoms with Gasteiger partial charge in [0.1, 0.15) is 12.4 Å². The average molecular weight is 677 g/mol. The number of aryl methyl sites for hydroxylation is 2. The van der Waals surface area contributed by atoms with E-state index in [1.165, 1.54) is 129 Å². The number of rotatable bonds is 23. The summed E-state index contributed by atoms with van der Waals surface area (Å²) in [4.78, 5) is 0. The molecule has 1 rings (SSSR count). The third-order valence-corrected chi connectivity index (χ3v) is 8.10. The Balaban J connectivity index is 0.000000938. The van der Waals surface area contributed by atoms with Crippen molar-refractivity contribution in [1.29, 1.82) is 0 Å². The third kappa shape index (κ3) is 14.7. The molecule has 0 unspecified atom stereocenters. The molecule has 0 aliphatic heterocycles. The van der Waals surface area contributed by atoms with Gasteiger partial charge in [-0.05, 0) is 25.7 Å². The lowest BCUT2D eigenvalue weighted by Gasteiger charge is -2.34. The topological polar surface area (TPSA) is 66.0 Å². The lowest BCUT2D eigenvalue weighted by atomic mass is 10.1. The van der Waals surface area contributed by atoms with Crippen molar-refractivity contribution in [3.8, 4) is 0 Å². The zero-order valence-corrected chi connectivity index (χ0v) is 26.6. The van der Waals surface area contributed by atoms with Crippen molar-refractivity contribution in [2.45, 2.75) is 166 Å². The van der Waals surface area contributed by atoms with Gasteiger partial charge in [0, 0.05) is 0 Å². The van der Waals surface area contributed by atoms with Crippen LogP contribution >= 0.6 is 0 Å². The predicted octanol–water partition coefficient (Wildman–Crippen LogP) is 9.79. The molecule has 0 atom stereocenters.